The van der Waals surface area contributed by atoms with Gasteiger partial charge in [-0.2, -0.15) is 0 Å². The second kappa shape index (κ2) is 4.47. The number of carbonyl (C=O) groups is 1. The molecule has 19 heavy (non-hydrogen) atoms. The number of hydrogen-bond acceptors (Lipinski definition) is 3. The van der Waals surface area contributed by atoms with Gasteiger partial charge in [-0.05, 0) is 33.1 Å². The molecule has 0 bridgehead atoms. The molecule has 0 saturated heterocycles. The van der Waals surface area contributed by atoms with Crippen LogP contribution in [-0.2, 0) is 11.2 Å². The van der Waals surface area contributed by atoms with Gasteiger partial charge in [0.25, 0.3) is 0 Å². The van der Waals surface area contributed by atoms with Gasteiger partial charge in [0.05, 0.1) is 18.7 Å². The van der Waals surface area contributed by atoms with Crippen molar-refractivity contribution >= 4 is 27.5 Å². The molecule has 0 aliphatic carbocycles. The number of H-pyrrole nitrogens is 1. The van der Waals surface area contributed by atoms with E-state index in [1.54, 1.807) is 18.1 Å². The third-order valence-corrected chi connectivity index (χ3v) is 3.80. The zero-order valence-corrected chi connectivity index (χ0v) is 11.9. The summed E-state index contributed by atoms with van der Waals surface area (Å²) in [6.07, 6.45) is 2.12. The number of halogens is 1. The number of amides is 1. The number of rotatable bonds is 2. The minimum Gasteiger partial charge on any atom is -0.335 e. The van der Waals surface area contributed by atoms with Crippen LogP contribution in [0.3, 0.4) is 0 Å². The monoisotopic (exact) mass is 320 g/mol. The summed E-state index contributed by atoms with van der Waals surface area (Å²) in [5.41, 5.74) is 9.11. The minimum absolute atomic E-state index is 0.112. The van der Waals surface area contributed by atoms with Crippen LogP contribution in [0.15, 0.2) is 29.0 Å². The fourth-order valence-corrected chi connectivity index (χ4v) is 2.62. The van der Waals surface area contributed by atoms with E-state index in [1.807, 2.05) is 18.2 Å². The van der Waals surface area contributed by atoms with Gasteiger partial charge in [-0.15, -0.1) is 0 Å². The summed E-state index contributed by atoms with van der Waals surface area (Å²) in [6.45, 7) is 0. The van der Waals surface area contributed by atoms with Gasteiger partial charge in [-0.25, -0.2) is 4.98 Å². The average molecular weight is 321 g/mol. The van der Waals surface area contributed by atoms with Crippen molar-refractivity contribution in [2.24, 2.45) is 5.73 Å². The number of fused-ring (bicyclic) bond motifs is 1. The molecule has 1 aromatic carbocycles. The van der Waals surface area contributed by atoms with Crippen LogP contribution in [0.4, 0.5) is 5.69 Å². The number of anilines is 1. The molecule has 1 atom stereocenters. The molecule has 0 saturated carbocycles. The van der Waals surface area contributed by atoms with Crippen LogP contribution in [0.1, 0.15) is 23.0 Å². The molecule has 0 radical (unpaired) electrons. The van der Waals surface area contributed by atoms with Crippen LogP contribution in [-0.4, -0.2) is 22.9 Å². The third-order valence-electron chi connectivity index (χ3n) is 3.40. The van der Waals surface area contributed by atoms with E-state index in [0.29, 0.717) is 12.2 Å². The Bertz CT molecular complexity index is 652. The van der Waals surface area contributed by atoms with Crippen molar-refractivity contribution < 1.29 is 4.79 Å². The van der Waals surface area contributed by atoms with Crippen LogP contribution >= 0.6 is 15.9 Å². The van der Waals surface area contributed by atoms with Gasteiger partial charge >= 0.3 is 0 Å². The normalized spacial score (nSPS) is 15.7. The van der Waals surface area contributed by atoms with E-state index in [4.69, 9.17) is 5.73 Å². The molecular formula is C13H13BrN4O. The molecule has 3 N–H and O–H groups in total. The second-order valence-corrected chi connectivity index (χ2v) is 5.47. The van der Waals surface area contributed by atoms with Gasteiger partial charge in [0.15, 0.2) is 0 Å². The van der Waals surface area contributed by atoms with E-state index in [2.05, 4.69) is 25.9 Å². The maximum absolute atomic E-state index is 11.7. The average Bonchev–Trinajstić information content (AvgIpc) is 2.94. The van der Waals surface area contributed by atoms with E-state index >= 15 is 0 Å². The highest BCUT2D eigenvalue weighted by Crippen LogP contribution is 2.30. The van der Waals surface area contributed by atoms with Crippen LogP contribution < -0.4 is 10.6 Å². The molecule has 0 spiro atoms. The van der Waals surface area contributed by atoms with Crippen LogP contribution in [0.5, 0.6) is 0 Å². The number of carbonyl (C=O) groups excluding carboxylic acids is 1. The van der Waals surface area contributed by atoms with Crippen molar-refractivity contribution in [1.29, 1.82) is 0 Å². The van der Waals surface area contributed by atoms with Gasteiger partial charge in [0.2, 0.25) is 5.91 Å². The molecule has 0 fully saturated rings. The molecule has 6 heteroatoms. The predicted octanol–water partition coefficient (Wildman–Crippen LogP) is 1.74. The number of likely N-dealkylation sites (N-methyl/N-ethyl adjacent to an activating group) is 1. The van der Waals surface area contributed by atoms with Crippen molar-refractivity contribution in [2.45, 2.75) is 12.5 Å². The van der Waals surface area contributed by atoms with Crippen molar-refractivity contribution in [3.8, 4) is 0 Å². The Hall–Kier alpha value is -1.66. The molecule has 98 valence electrons. The molecule has 1 aromatic heterocycles. The lowest BCUT2D eigenvalue weighted by molar-refractivity contribution is -0.117. The lowest BCUT2D eigenvalue weighted by atomic mass is 10.0. The quantitative estimate of drug-likeness (QED) is 0.885. The first-order chi connectivity index (χ1) is 9.06. The molecule has 1 unspecified atom stereocenters. The summed E-state index contributed by atoms with van der Waals surface area (Å²) in [7, 11) is 1.79. The van der Waals surface area contributed by atoms with E-state index < -0.39 is 0 Å². The first kappa shape index (κ1) is 12.4. The van der Waals surface area contributed by atoms with Crippen LogP contribution in [0.2, 0.25) is 0 Å². The van der Waals surface area contributed by atoms with E-state index in [1.165, 1.54) is 0 Å². The highest BCUT2D eigenvalue weighted by Gasteiger charge is 2.25. The highest BCUT2D eigenvalue weighted by molar-refractivity contribution is 9.10. The summed E-state index contributed by atoms with van der Waals surface area (Å²) in [6, 6.07) is 5.54. The summed E-state index contributed by atoms with van der Waals surface area (Å²) in [4.78, 5) is 20.6. The Labute approximate surface area is 119 Å². The fraction of sp³-hybridized carbons (Fsp3) is 0.231. The standard InChI is InChI=1S/C13H13BrN4O/c1-18-9-3-2-7(4-8(9)5-11(18)19)12(15)13-16-6-10(14)17-13/h2-4,6,12H,5,15H2,1H3,(H,16,17). The molecule has 2 aromatic rings. The highest BCUT2D eigenvalue weighted by atomic mass is 79.9. The number of nitrogens with one attached hydrogen (secondary N) is 1. The SMILES string of the molecule is CN1C(=O)Cc2cc(C(N)c3ncc(Br)[nH]3)ccc21. The Morgan fingerprint density at radius 2 is 2.32 bits per heavy atom. The number of imidazole rings is 1. The maximum Gasteiger partial charge on any atom is 0.231 e. The molecule has 1 aliphatic rings. The second-order valence-electron chi connectivity index (χ2n) is 4.61. The number of benzene rings is 1. The molecule has 1 aliphatic heterocycles. The van der Waals surface area contributed by atoms with Gasteiger partial charge in [-0.1, -0.05) is 12.1 Å². The largest absolute Gasteiger partial charge is 0.335 e. The van der Waals surface area contributed by atoms with Crippen molar-refractivity contribution in [2.75, 3.05) is 11.9 Å². The van der Waals surface area contributed by atoms with E-state index in [0.717, 1.165) is 21.4 Å². The van der Waals surface area contributed by atoms with E-state index in [-0.39, 0.29) is 11.9 Å². The minimum atomic E-state index is -0.322. The lowest BCUT2D eigenvalue weighted by Gasteiger charge is -2.13. The first-order valence-electron chi connectivity index (χ1n) is 5.91. The fourth-order valence-electron chi connectivity index (χ4n) is 2.31. The van der Waals surface area contributed by atoms with Crippen molar-refractivity contribution in [1.82, 2.24) is 9.97 Å². The van der Waals surface area contributed by atoms with Gasteiger partial charge in [0.1, 0.15) is 10.4 Å². The Balaban J connectivity index is 1.95. The Morgan fingerprint density at radius 1 is 1.53 bits per heavy atom. The van der Waals surface area contributed by atoms with Crippen LogP contribution in [0.25, 0.3) is 0 Å². The number of nitrogens with two attached hydrogens (primary N) is 1. The van der Waals surface area contributed by atoms with Crippen LogP contribution in [0, 0.1) is 0 Å². The topological polar surface area (TPSA) is 75.0 Å². The van der Waals surface area contributed by atoms with Gasteiger partial charge in [-0.3, -0.25) is 4.79 Å². The lowest BCUT2D eigenvalue weighted by Crippen LogP contribution is -2.20. The smallest absolute Gasteiger partial charge is 0.231 e. The zero-order chi connectivity index (χ0) is 13.6. The summed E-state index contributed by atoms with van der Waals surface area (Å²) >= 11 is 3.31. The number of aromatic nitrogens is 2. The molecule has 5 nitrogen and oxygen atoms in total. The number of hydrogen-bond donors (Lipinski definition) is 2. The number of nitrogens with zero attached hydrogens (tertiary/aromatic N) is 2. The summed E-state index contributed by atoms with van der Waals surface area (Å²) in [5.74, 6) is 0.811. The van der Waals surface area contributed by atoms with Crippen molar-refractivity contribution in [3.05, 3.63) is 46.0 Å². The third kappa shape index (κ3) is 2.06. The predicted molar refractivity (Wildman–Crippen MR) is 75.9 cm³/mol. The maximum atomic E-state index is 11.7. The molecule has 3 rings (SSSR count). The Kier molecular flexibility index (Phi) is 2.91. The zero-order valence-electron chi connectivity index (χ0n) is 10.4. The Morgan fingerprint density at radius 3 is 3.00 bits per heavy atom. The first-order valence-corrected chi connectivity index (χ1v) is 6.71. The van der Waals surface area contributed by atoms with Gasteiger partial charge < -0.3 is 15.6 Å². The molecular weight excluding hydrogens is 308 g/mol. The van der Waals surface area contributed by atoms with Crippen molar-refractivity contribution in [3.63, 3.8) is 0 Å². The number of aromatic amines is 1. The molecule has 2 heterocycles. The van der Waals surface area contributed by atoms with Gasteiger partial charge in [0, 0.05) is 12.7 Å². The summed E-state index contributed by atoms with van der Waals surface area (Å²) in [5, 5.41) is 0. The summed E-state index contributed by atoms with van der Waals surface area (Å²) < 4.78 is 0.800. The molecule has 1 amide bonds. The van der Waals surface area contributed by atoms with E-state index in [9.17, 15) is 4.79 Å².